The molecule has 115 heavy (non-hydrogen) atoms. The van der Waals surface area contributed by atoms with E-state index in [9.17, 15) is 9.18 Å². The van der Waals surface area contributed by atoms with Gasteiger partial charge in [-0.25, -0.2) is 9.37 Å². The molecule has 0 spiro atoms. The lowest BCUT2D eigenvalue weighted by atomic mass is 9.81. The second-order valence-corrected chi connectivity index (χ2v) is 41.9. The van der Waals surface area contributed by atoms with Gasteiger partial charge in [0.25, 0.3) is 0 Å². The second kappa shape index (κ2) is 37.8. The number of benzene rings is 8. The molecular formula is C107H140ClFN4OS. The summed E-state index contributed by atoms with van der Waals surface area (Å²) in [6, 6.07) is 49.6. The van der Waals surface area contributed by atoms with Crippen LogP contribution in [0.3, 0.4) is 0 Å². The molecule has 0 saturated carbocycles. The third-order valence-electron chi connectivity index (χ3n) is 22.2. The molecule has 9 aromatic rings. The number of imidazole rings is 1. The van der Waals surface area contributed by atoms with Gasteiger partial charge in [-0.3, -0.25) is 9.79 Å². The summed E-state index contributed by atoms with van der Waals surface area (Å²) in [5, 5.41) is 1.06. The summed E-state index contributed by atoms with van der Waals surface area (Å²) in [5.41, 5.74) is 35.4. The lowest BCUT2D eigenvalue weighted by Gasteiger charge is -2.25. The van der Waals surface area contributed by atoms with E-state index in [1.165, 1.54) is 127 Å². The molecule has 8 aromatic carbocycles. The number of allylic oxidation sites excluding steroid dienone is 5. The van der Waals surface area contributed by atoms with E-state index in [-0.39, 0.29) is 56.3 Å². The summed E-state index contributed by atoms with van der Waals surface area (Å²) in [5.74, 6) is -0.0504. The molecule has 1 N–H and O–H groups in total. The van der Waals surface area contributed by atoms with Crippen molar-refractivity contribution in [2.24, 2.45) is 4.99 Å². The molecule has 0 amide bonds. The van der Waals surface area contributed by atoms with Crippen LogP contribution >= 0.6 is 23.4 Å². The van der Waals surface area contributed by atoms with Gasteiger partial charge in [0.15, 0.2) is 5.12 Å². The molecule has 0 radical (unpaired) electrons. The lowest BCUT2D eigenvalue weighted by Crippen LogP contribution is -2.18. The molecule has 1 aromatic heterocycles. The SMILES string of the molecule is C.CC(C)(C)c1c(Cl)ccc2[nH]cnc12.CC(C)(C)c1cccc2c1C(F)=CC2.CC(C)(C)c1cccc2c1C=CC2.CC(C)(C)c1cccc2c1CCC2.CC(C)(C)c1cccc2c1N=CC2.CC(C)(C)c1cccc2c1SC(=O)C2.CCCC1=CCc2cccc(C(C)(C)C)c21.CN(C)CC1=CCc2cccc(C(C)(C)C)c21. The highest BCUT2D eigenvalue weighted by Gasteiger charge is 2.31. The molecule has 2 aliphatic heterocycles. The van der Waals surface area contributed by atoms with Crippen molar-refractivity contribution in [1.82, 2.24) is 14.9 Å². The molecule has 0 atom stereocenters. The number of nitrogens with one attached hydrogen (secondary N) is 1. The molecular weight excluding hydrogens is 1440 g/mol. The van der Waals surface area contributed by atoms with E-state index in [0.29, 0.717) is 11.8 Å². The number of carbonyl (C=O) groups excluding carboxylic acids is 1. The summed E-state index contributed by atoms with van der Waals surface area (Å²) < 4.78 is 13.6. The quantitative estimate of drug-likeness (QED) is 0.191. The summed E-state index contributed by atoms with van der Waals surface area (Å²) in [4.78, 5) is 26.6. The van der Waals surface area contributed by atoms with Gasteiger partial charge in [0.2, 0.25) is 0 Å². The second-order valence-electron chi connectivity index (χ2n) is 40.4. The number of aromatic amines is 1. The number of hydrogen-bond donors (Lipinski definition) is 1. The first-order valence-electron chi connectivity index (χ1n) is 41.9. The Balaban J connectivity index is 0.000000164. The number of carbonyl (C=O) groups is 1. The largest absolute Gasteiger partial charge is 0.345 e. The van der Waals surface area contributed by atoms with Gasteiger partial charge >= 0.3 is 0 Å². The third-order valence-corrected chi connectivity index (χ3v) is 23.6. The predicted octanol–water partition coefficient (Wildman–Crippen LogP) is 29.6. The van der Waals surface area contributed by atoms with Gasteiger partial charge in [0.05, 0.1) is 23.0 Å². The van der Waals surface area contributed by atoms with Crippen LogP contribution in [0.2, 0.25) is 5.02 Å². The number of halogens is 2. The molecule has 8 heteroatoms. The number of aliphatic imine (C=N–C) groups is 1. The van der Waals surface area contributed by atoms with Crippen molar-refractivity contribution in [3.63, 3.8) is 0 Å². The van der Waals surface area contributed by atoms with Crippen LogP contribution in [-0.4, -0.2) is 46.8 Å². The summed E-state index contributed by atoms with van der Waals surface area (Å²) in [7, 11) is 4.27. The number of H-pyrrole nitrogens is 1. The van der Waals surface area contributed by atoms with Crippen molar-refractivity contribution in [3.8, 4) is 0 Å². The molecule has 3 heterocycles. The van der Waals surface area contributed by atoms with Crippen molar-refractivity contribution in [2.45, 2.75) is 299 Å². The van der Waals surface area contributed by atoms with Crippen LogP contribution in [0.1, 0.15) is 311 Å². The number of thioether (sulfide) groups is 1. The van der Waals surface area contributed by atoms with E-state index < -0.39 is 0 Å². The third kappa shape index (κ3) is 23.5. The topological polar surface area (TPSA) is 61.4 Å². The van der Waals surface area contributed by atoms with E-state index in [0.717, 1.165) is 77.0 Å². The zero-order valence-electron chi connectivity index (χ0n) is 74.7. The maximum atomic E-state index is 13.6. The first-order valence-corrected chi connectivity index (χ1v) is 43.1. The Labute approximate surface area is 705 Å². The highest BCUT2D eigenvalue weighted by atomic mass is 35.5. The maximum absolute atomic E-state index is 13.6. The van der Waals surface area contributed by atoms with Crippen LogP contribution in [0.5, 0.6) is 0 Å². The van der Waals surface area contributed by atoms with Crippen LogP contribution < -0.4 is 0 Å². The lowest BCUT2D eigenvalue weighted by molar-refractivity contribution is -0.110. The fraction of sp³-hybridized carbons (Fsp3) is 0.449. The van der Waals surface area contributed by atoms with Gasteiger partial charge in [-0.05, 0) is 238 Å². The van der Waals surface area contributed by atoms with Gasteiger partial charge < -0.3 is 9.88 Å². The first kappa shape index (κ1) is 92.6. The average Bonchev–Trinajstić information content (AvgIpc) is 1.73. The standard InChI is InChI=1S/C16H23N.C16H22.C13H15F.C13H18.C13H16.C12H15N.C12H14OS.C11H13ClN2.CH4/c1-16(2,3)14-8-6-7-12-9-10-13(15(12)14)11-17(4)5;1-5-7-12-10-11-13-8-6-9-14(15(12)13)16(2,3)4;1-13(2,3)10-6-4-5-9-7-8-11(14)12(9)10;2*1-13(2,3)12-9-5-7-10-6-4-8-11(10)12;1-12(2,3)10-6-4-5-9-7-8-13-11(9)10;1-12(2,3)9-6-4-5-8-7-10(13)14-11(8)9;1-11(2,3)9-7(12)4-5-8-10(9)14-6-13-8;/h6-8,10H,9,11H2,1-5H3;6,8-10H,5,7,11H2,1-4H3;4-6,8H,7H2,1-3H3;5,7,9H,4,6,8H2,1-3H3;4-5,7-9H,6H2,1-3H3;4-6,8H,7H2,1-3H3;4-6H,7H2,1-3H3;4-6H,1-3H3,(H,13,14);1H4. The Kier molecular flexibility index (Phi) is 30.4. The summed E-state index contributed by atoms with van der Waals surface area (Å²) in [6.07, 6.45) is 26.8. The van der Waals surface area contributed by atoms with Crippen LogP contribution in [0, 0.1) is 0 Å². The highest BCUT2D eigenvalue weighted by Crippen LogP contribution is 2.45. The molecule has 614 valence electrons. The molecule has 5 aliphatic carbocycles. The van der Waals surface area contributed by atoms with Crippen molar-refractivity contribution in [2.75, 3.05) is 20.6 Å². The highest BCUT2D eigenvalue weighted by molar-refractivity contribution is 8.14. The van der Waals surface area contributed by atoms with Crippen LogP contribution in [0.15, 0.2) is 180 Å². The van der Waals surface area contributed by atoms with Crippen molar-refractivity contribution in [1.29, 1.82) is 0 Å². The average molecular weight is 1580 g/mol. The molecule has 0 bridgehead atoms. The number of aryl methyl sites for hydroxylation is 1. The zero-order chi connectivity index (χ0) is 83.8. The van der Waals surface area contributed by atoms with Gasteiger partial charge in [0.1, 0.15) is 5.83 Å². The molecule has 16 rings (SSSR count). The monoisotopic (exact) mass is 1580 g/mol. The van der Waals surface area contributed by atoms with Gasteiger partial charge in [0, 0.05) is 46.6 Å². The molecule has 7 aliphatic rings. The molecule has 0 fully saturated rings. The van der Waals surface area contributed by atoms with E-state index >= 15 is 0 Å². The van der Waals surface area contributed by atoms with E-state index in [2.05, 4.69) is 341 Å². The summed E-state index contributed by atoms with van der Waals surface area (Å²) in [6.45, 7) is 56.9. The fourth-order valence-corrected chi connectivity index (χ4v) is 18.3. The Morgan fingerprint density at radius 2 is 0.922 bits per heavy atom. The normalized spacial score (nSPS) is 14.7. The van der Waals surface area contributed by atoms with Crippen LogP contribution in [0.4, 0.5) is 10.1 Å². The summed E-state index contributed by atoms with van der Waals surface area (Å²) >= 11 is 7.60. The molecule has 5 nitrogen and oxygen atoms in total. The Morgan fingerprint density at radius 1 is 0.470 bits per heavy atom. The minimum Gasteiger partial charge on any atom is -0.345 e. The predicted molar refractivity (Wildman–Crippen MR) is 503 cm³/mol. The van der Waals surface area contributed by atoms with Crippen LogP contribution in [-0.2, 0) is 99.5 Å². The fourth-order valence-electron chi connectivity index (χ4n) is 16.6. The number of para-hydroxylation sites is 1. The zero-order valence-corrected chi connectivity index (χ0v) is 76.3. The number of aromatic nitrogens is 2. The Bertz CT molecular complexity index is 4960. The van der Waals surface area contributed by atoms with Gasteiger partial charge in [-0.1, -0.05) is 362 Å². The van der Waals surface area contributed by atoms with Crippen molar-refractivity contribution >= 4 is 74.5 Å². The van der Waals surface area contributed by atoms with Crippen molar-refractivity contribution in [3.05, 3.63) is 286 Å². The number of rotatable bonds is 4. The molecule has 0 unspecified atom stereocenters. The maximum Gasteiger partial charge on any atom is 0.198 e. The number of likely N-dealkylation sites (N-methyl/N-ethyl adjacent to an activating group) is 1. The number of hydrogen-bond acceptors (Lipinski definition) is 5. The van der Waals surface area contributed by atoms with Crippen LogP contribution in [0.25, 0.3) is 34.1 Å². The van der Waals surface area contributed by atoms with E-state index in [1.807, 2.05) is 36.5 Å². The number of nitrogens with zero attached hydrogens (tertiary/aromatic N) is 3. The van der Waals surface area contributed by atoms with Gasteiger partial charge in [-0.2, -0.15) is 0 Å². The van der Waals surface area contributed by atoms with E-state index in [4.69, 9.17) is 11.6 Å². The Hall–Kier alpha value is -7.94. The van der Waals surface area contributed by atoms with E-state index in [1.54, 1.807) is 40.2 Å². The number of fused-ring (bicyclic) bond motifs is 8. The minimum absolute atomic E-state index is 0. The minimum atomic E-state index is -0.0504. The smallest absolute Gasteiger partial charge is 0.198 e. The van der Waals surface area contributed by atoms with Crippen molar-refractivity contribution < 1.29 is 9.18 Å². The molecule has 0 saturated heterocycles. The Morgan fingerprint density at radius 3 is 1.45 bits per heavy atom. The van der Waals surface area contributed by atoms with Gasteiger partial charge in [-0.15, -0.1) is 0 Å². The first-order chi connectivity index (χ1) is 53.2.